The van der Waals surface area contributed by atoms with Crippen LogP contribution in [-0.4, -0.2) is 11.6 Å². The maximum atomic E-state index is 13.5. The van der Waals surface area contributed by atoms with Gasteiger partial charge in [0.1, 0.15) is 0 Å². The van der Waals surface area contributed by atoms with Gasteiger partial charge in [-0.3, -0.25) is 9.59 Å². The predicted molar refractivity (Wildman–Crippen MR) is 123 cm³/mol. The number of fused-ring (bicyclic) bond motifs is 3. The number of benzene rings is 4. The first-order chi connectivity index (χ1) is 15.2. The molecule has 0 radical (unpaired) electrons. The van der Waals surface area contributed by atoms with Gasteiger partial charge in [0, 0.05) is 17.0 Å². The summed E-state index contributed by atoms with van der Waals surface area (Å²) < 4.78 is 0. The van der Waals surface area contributed by atoms with Crippen LogP contribution in [0.3, 0.4) is 0 Å². The van der Waals surface area contributed by atoms with Gasteiger partial charge in [-0.25, -0.2) is 0 Å². The smallest absolute Gasteiger partial charge is 0.175 e. The molecule has 2 aliphatic rings. The summed E-state index contributed by atoms with van der Waals surface area (Å²) in [5.74, 6) is -0.693. The highest BCUT2D eigenvalue weighted by Gasteiger charge is 2.48. The molecule has 0 aromatic heterocycles. The van der Waals surface area contributed by atoms with Crippen molar-refractivity contribution in [1.82, 2.24) is 0 Å². The molecular weight excluding hydrogens is 380 g/mol. The molecule has 0 unspecified atom stereocenters. The van der Waals surface area contributed by atoms with Crippen molar-refractivity contribution in [2.24, 2.45) is 5.92 Å². The first kappa shape index (κ1) is 18.3. The molecule has 2 nitrogen and oxygen atoms in total. The van der Waals surface area contributed by atoms with Crippen molar-refractivity contribution in [2.75, 3.05) is 0 Å². The third kappa shape index (κ3) is 2.79. The Bertz CT molecular complexity index is 1310. The summed E-state index contributed by atoms with van der Waals surface area (Å²) >= 11 is 0. The van der Waals surface area contributed by atoms with Crippen LogP contribution in [0.4, 0.5) is 0 Å². The first-order valence-corrected chi connectivity index (χ1v) is 11.0. The van der Waals surface area contributed by atoms with Crippen molar-refractivity contribution in [3.05, 3.63) is 119 Å². The number of carbonyl (C=O) groups excluding carboxylic acids is 2. The van der Waals surface area contributed by atoms with Crippen LogP contribution in [-0.2, 0) is 6.42 Å². The Labute approximate surface area is 181 Å². The number of carbonyl (C=O) groups is 2. The molecule has 2 heteroatoms. The van der Waals surface area contributed by atoms with E-state index in [0.29, 0.717) is 11.1 Å². The van der Waals surface area contributed by atoms with Crippen molar-refractivity contribution >= 4 is 22.3 Å². The van der Waals surface area contributed by atoms with Crippen LogP contribution in [0.2, 0.25) is 0 Å². The summed E-state index contributed by atoms with van der Waals surface area (Å²) in [5.41, 5.74) is 4.80. The van der Waals surface area contributed by atoms with Crippen LogP contribution >= 0.6 is 0 Å². The Morgan fingerprint density at radius 3 is 2.06 bits per heavy atom. The molecular formula is C29H22O2. The van der Waals surface area contributed by atoms with E-state index in [4.69, 9.17) is 0 Å². The zero-order chi connectivity index (χ0) is 20.9. The molecule has 4 aromatic carbocycles. The topological polar surface area (TPSA) is 34.1 Å². The molecule has 0 aliphatic heterocycles. The van der Waals surface area contributed by atoms with Crippen LogP contribution in [0.25, 0.3) is 10.8 Å². The molecule has 0 saturated heterocycles. The second-order valence-corrected chi connectivity index (χ2v) is 8.73. The summed E-state index contributed by atoms with van der Waals surface area (Å²) in [6, 6.07) is 30.6. The summed E-state index contributed by atoms with van der Waals surface area (Å²) in [5, 5.41) is 2.41. The summed E-state index contributed by atoms with van der Waals surface area (Å²) in [4.78, 5) is 27.0. The van der Waals surface area contributed by atoms with Gasteiger partial charge in [-0.15, -0.1) is 0 Å². The lowest BCUT2D eigenvalue weighted by atomic mass is 9.65. The summed E-state index contributed by atoms with van der Waals surface area (Å²) in [6.07, 6.45) is 1.90. The standard InChI is InChI=1S/C29H22O2/c30-28-24-11-5-6-12-25(24)29(31)27(28)26-22-10-4-3-8-19(22)15-16-23(26)21-14-13-18-7-1-2-9-20(18)17-21/h1-14,17,23,26-27H,15-16H2/t23-,26+/m1/s1. The molecule has 2 aliphatic carbocycles. The number of rotatable bonds is 2. The monoisotopic (exact) mass is 402 g/mol. The van der Waals surface area contributed by atoms with E-state index in [1.165, 1.54) is 21.9 Å². The normalized spacial score (nSPS) is 20.6. The maximum absolute atomic E-state index is 13.5. The van der Waals surface area contributed by atoms with Crippen molar-refractivity contribution in [3.8, 4) is 0 Å². The Balaban J connectivity index is 1.52. The number of hydrogen-bond acceptors (Lipinski definition) is 2. The zero-order valence-corrected chi connectivity index (χ0v) is 17.1. The molecule has 0 N–H and O–H groups in total. The fourth-order valence-electron chi connectivity index (χ4n) is 5.71. The minimum atomic E-state index is -0.643. The Kier molecular flexibility index (Phi) is 4.14. The summed E-state index contributed by atoms with van der Waals surface area (Å²) in [6.45, 7) is 0. The van der Waals surface area contributed by atoms with Gasteiger partial charge in [0.15, 0.2) is 11.6 Å². The molecule has 0 heterocycles. The van der Waals surface area contributed by atoms with Gasteiger partial charge < -0.3 is 0 Å². The third-order valence-corrected chi connectivity index (χ3v) is 7.16. The van der Waals surface area contributed by atoms with E-state index < -0.39 is 5.92 Å². The van der Waals surface area contributed by atoms with Crippen molar-refractivity contribution in [2.45, 2.75) is 24.7 Å². The number of aryl methyl sites for hydroxylation is 1. The molecule has 6 rings (SSSR count). The molecule has 0 bridgehead atoms. The van der Waals surface area contributed by atoms with Gasteiger partial charge in [-0.1, -0.05) is 91.0 Å². The number of Topliss-reactive ketones (excluding diaryl/α,β-unsaturated/α-hetero) is 2. The van der Waals surface area contributed by atoms with Crippen molar-refractivity contribution in [3.63, 3.8) is 0 Å². The number of hydrogen-bond donors (Lipinski definition) is 0. The highest BCUT2D eigenvalue weighted by molar-refractivity contribution is 6.27. The quantitative estimate of drug-likeness (QED) is 0.366. The fraction of sp³-hybridized carbons (Fsp3) is 0.172. The van der Waals surface area contributed by atoms with E-state index in [9.17, 15) is 9.59 Å². The molecule has 0 spiro atoms. The maximum Gasteiger partial charge on any atom is 0.175 e. The van der Waals surface area contributed by atoms with Crippen LogP contribution in [0, 0.1) is 5.92 Å². The minimum Gasteiger partial charge on any atom is -0.293 e. The lowest BCUT2D eigenvalue weighted by Crippen LogP contribution is -2.32. The Morgan fingerprint density at radius 2 is 1.29 bits per heavy atom. The van der Waals surface area contributed by atoms with Gasteiger partial charge in [0.2, 0.25) is 0 Å². The van der Waals surface area contributed by atoms with E-state index in [1.54, 1.807) is 12.1 Å². The average Bonchev–Trinajstić information content (AvgIpc) is 3.08. The van der Waals surface area contributed by atoms with Crippen LogP contribution in [0.15, 0.2) is 91.0 Å². The van der Waals surface area contributed by atoms with Crippen molar-refractivity contribution < 1.29 is 9.59 Å². The highest BCUT2D eigenvalue weighted by atomic mass is 16.2. The molecule has 31 heavy (non-hydrogen) atoms. The van der Waals surface area contributed by atoms with Crippen molar-refractivity contribution in [1.29, 1.82) is 0 Å². The van der Waals surface area contributed by atoms with Gasteiger partial charge in [0.25, 0.3) is 0 Å². The molecule has 150 valence electrons. The van der Waals surface area contributed by atoms with E-state index >= 15 is 0 Å². The lowest BCUT2D eigenvalue weighted by molar-refractivity contribution is 0.0800. The highest BCUT2D eigenvalue weighted by Crippen LogP contribution is 2.50. The molecule has 0 saturated carbocycles. The third-order valence-electron chi connectivity index (χ3n) is 7.16. The molecule has 4 aromatic rings. The van der Waals surface area contributed by atoms with Crippen LogP contribution in [0.1, 0.15) is 55.7 Å². The predicted octanol–water partition coefficient (Wildman–Crippen LogP) is 6.35. The van der Waals surface area contributed by atoms with Crippen LogP contribution in [0.5, 0.6) is 0 Å². The minimum absolute atomic E-state index is 0.0203. The Hall–Kier alpha value is -3.52. The zero-order valence-electron chi connectivity index (χ0n) is 17.1. The molecule has 0 amide bonds. The van der Waals surface area contributed by atoms with Crippen LogP contribution < -0.4 is 0 Å². The van der Waals surface area contributed by atoms with Gasteiger partial charge in [-0.2, -0.15) is 0 Å². The Morgan fingerprint density at radius 1 is 0.645 bits per heavy atom. The molecule has 2 atom stereocenters. The second kappa shape index (κ2) is 7.02. The first-order valence-electron chi connectivity index (χ1n) is 11.0. The van der Waals surface area contributed by atoms with E-state index in [-0.39, 0.29) is 23.4 Å². The SMILES string of the molecule is O=C1c2ccccc2C(=O)C1[C@H]1c2ccccc2CC[C@@H]1c1ccc2ccccc2c1. The van der Waals surface area contributed by atoms with Gasteiger partial charge in [-0.05, 0) is 46.2 Å². The largest absolute Gasteiger partial charge is 0.293 e. The fourth-order valence-corrected chi connectivity index (χ4v) is 5.71. The van der Waals surface area contributed by atoms with Gasteiger partial charge in [0.05, 0.1) is 5.92 Å². The number of ketones is 2. The average molecular weight is 402 g/mol. The second-order valence-electron chi connectivity index (χ2n) is 8.73. The lowest BCUT2D eigenvalue weighted by Gasteiger charge is -2.36. The van der Waals surface area contributed by atoms with E-state index in [0.717, 1.165) is 18.4 Å². The van der Waals surface area contributed by atoms with Gasteiger partial charge >= 0.3 is 0 Å². The summed E-state index contributed by atoms with van der Waals surface area (Å²) in [7, 11) is 0. The van der Waals surface area contributed by atoms with E-state index in [1.807, 2.05) is 18.2 Å². The molecule has 0 fully saturated rings. The van der Waals surface area contributed by atoms with E-state index in [2.05, 4.69) is 60.7 Å².